The molecule has 0 aliphatic heterocycles. The Kier molecular flexibility index (Phi) is 4.92. The Morgan fingerprint density at radius 1 is 0.926 bits per heavy atom. The number of fused-ring (bicyclic) bond motifs is 1. The predicted molar refractivity (Wildman–Crippen MR) is 107 cm³/mol. The van der Waals surface area contributed by atoms with Crippen LogP contribution >= 0.6 is 0 Å². The highest BCUT2D eigenvalue weighted by atomic mass is 16.1. The maximum absolute atomic E-state index is 12.3. The van der Waals surface area contributed by atoms with E-state index >= 15 is 0 Å². The maximum Gasteiger partial charge on any atom is 0.229 e. The fraction of sp³-hybridized carbons (Fsp3) is 0.136. The Morgan fingerprint density at radius 2 is 1.81 bits per heavy atom. The van der Waals surface area contributed by atoms with Crippen molar-refractivity contribution in [1.29, 1.82) is 0 Å². The molecule has 5 nitrogen and oxygen atoms in total. The minimum Gasteiger partial charge on any atom is -0.309 e. The molecule has 0 aliphatic rings. The molecule has 0 fully saturated rings. The molecule has 0 bridgehead atoms. The topological polar surface area (TPSA) is 70.7 Å². The summed E-state index contributed by atoms with van der Waals surface area (Å²) in [6.45, 7) is 0. The second-order valence-electron chi connectivity index (χ2n) is 6.55. The van der Waals surface area contributed by atoms with Gasteiger partial charge in [-0.15, -0.1) is 0 Å². The van der Waals surface area contributed by atoms with Crippen LogP contribution in [0.1, 0.15) is 16.8 Å². The molecule has 0 atom stereocenters. The third kappa shape index (κ3) is 4.39. The van der Waals surface area contributed by atoms with E-state index in [1.807, 2.05) is 42.6 Å². The van der Waals surface area contributed by atoms with Crippen LogP contribution in [-0.4, -0.2) is 21.1 Å². The first-order chi connectivity index (χ1) is 13.3. The van der Waals surface area contributed by atoms with E-state index in [1.165, 1.54) is 10.9 Å². The summed E-state index contributed by atoms with van der Waals surface area (Å²) < 4.78 is 0. The molecule has 2 aromatic carbocycles. The lowest BCUT2D eigenvalue weighted by Gasteiger charge is -2.04. The van der Waals surface area contributed by atoms with Crippen LogP contribution in [0.5, 0.6) is 0 Å². The predicted octanol–water partition coefficient (Wildman–Crippen LogP) is 3.92. The molecule has 0 radical (unpaired) electrons. The monoisotopic (exact) mass is 356 g/mol. The van der Waals surface area contributed by atoms with E-state index in [-0.39, 0.29) is 5.91 Å². The Bertz CT molecular complexity index is 1060. The zero-order valence-electron chi connectivity index (χ0n) is 14.9. The highest BCUT2D eigenvalue weighted by Crippen LogP contribution is 2.16. The quantitative estimate of drug-likeness (QED) is 0.550. The van der Waals surface area contributed by atoms with Crippen LogP contribution in [0.25, 0.3) is 10.8 Å². The standard InChI is InChI=1S/C22H20N4O/c27-22(13-17-7-9-18-5-1-2-6-19(18)12-17)24-21-14-20(25-26-21)10-8-16-4-3-11-23-15-16/h1-7,9,11-12,14-15H,8,10,13H2,(H2,24,25,26,27). The molecule has 27 heavy (non-hydrogen) atoms. The Morgan fingerprint density at radius 3 is 2.67 bits per heavy atom. The van der Waals surface area contributed by atoms with Crippen LogP contribution in [0, 0.1) is 0 Å². The number of hydrogen-bond donors (Lipinski definition) is 2. The van der Waals surface area contributed by atoms with Gasteiger partial charge in [0.05, 0.1) is 6.42 Å². The van der Waals surface area contributed by atoms with E-state index in [0.717, 1.165) is 29.5 Å². The average molecular weight is 356 g/mol. The number of benzene rings is 2. The number of anilines is 1. The molecule has 0 saturated heterocycles. The molecule has 2 aromatic heterocycles. The highest BCUT2D eigenvalue weighted by Gasteiger charge is 2.08. The first kappa shape index (κ1) is 17.0. The summed E-state index contributed by atoms with van der Waals surface area (Å²) >= 11 is 0. The van der Waals surface area contributed by atoms with E-state index in [2.05, 4.69) is 44.8 Å². The number of aromatic amines is 1. The van der Waals surface area contributed by atoms with Gasteiger partial charge in [-0.2, -0.15) is 5.10 Å². The second kappa shape index (κ2) is 7.83. The van der Waals surface area contributed by atoms with Crippen LogP contribution in [0.15, 0.2) is 73.1 Å². The van der Waals surface area contributed by atoms with Crippen molar-refractivity contribution in [2.75, 3.05) is 5.32 Å². The van der Waals surface area contributed by atoms with E-state index in [4.69, 9.17) is 0 Å². The number of amides is 1. The van der Waals surface area contributed by atoms with Crippen molar-refractivity contribution in [3.8, 4) is 0 Å². The van der Waals surface area contributed by atoms with E-state index in [1.54, 1.807) is 6.20 Å². The summed E-state index contributed by atoms with van der Waals surface area (Å²) in [4.78, 5) is 16.5. The van der Waals surface area contributed by atoms with Crippen molar-refractivity contribution >= 4 is 22.5 Å². The molecule has 4 aromatic rings. The molecule has 0 saturated carbocycles. The minimum atomic E-state index is -0.0735. The van der Waals surface area contributed by atoms with E-state index in [9.17, 15) is 4.79 Å². The van der Waals surface area contributed by atoms with Crippen molar-refractivity contribution in [2.45, 2.75) is 19.3 Å². The van der Waals surface area contributed by atoms with Crippen molar-refractivity contribution < 1.29 is 4.79 Å². The Labute approximate surface area is 157 Å². The van der Waals surface area contributed by atoms with Gasteiger partial charge in [0.2, 0.25) is 5.91 Å². The second-order valence-corrected chi connectivity index (χ2v) is 6.55. The van der Waals surface area contributed by atoms with Crippen molar-refractivity contribution in [3.63, 3.8) is 0 Å². The van der Waals surface area contributed by atoms with Gasteiger partial charge in [-0.25, -0.2) is 0 Å². The third-order valence-corrected chi connectivity index (χ3v) is 4.48. The van der Waals surface area contributed by atoms with Gasteiger partial charge in [0.15, 0.2) is 5.82 Å². The molecular formula is C22H20N4O. The molecule has 134 valence electrons. The smallest absolute Gasteiger partial charge is 0.229 e. The molecule has 2 heterocycles. The lowest BCUT2D eigenvalue weighted by atomic mass is 10.0. The SMILES string of the molecule is O=C(Cc1ccc2ccccc2c1)Nc1cc(CCc2cccnc2)[nH]n1. The van der Waals surface area contributed by atoms with E-state index in [0.29, 0.717) is 12.2 Å². The highest BCUT2D eigenvalue weighted by molar-refractivity contribution is 5.92. The van der Waals surface area contributed by atoms with Crippen LogP contribution in [0.4, 0.5) is 5.82 Å². The number of carbonyl (C=O) groups excluding carboxylic acids is 1. The molecule has 1 amide bonds. The zero-order chi connectivity index (χ0) is 18.5. The van der Waals surface area contributed by atoms with Crippen LogP contribution in [0.2, 0.25) is 0 Å². The lowest BCUT2D eigenvalue weighted by molar-refractivity contribution is -0.115. The van der Waals surface area contributed by atoms with Gasteiger partial charge in [-0.05, 0) is 40.8 Å². The van der Waals surface area contributed by atoms with Gasteiger partial charge in [-0.1, -0.05) is 48.5 Å². The minimum absolute atomic E-state index is 0.0735. The fourth-order valence-electron chi connectivity index (χ4n) is 3.10. The lowest BCUT2D eigenvalue weighted by Crippen LogP contribution is -2.14. The van der Waals surface area contributed by atoms with Gasteiger partial charge in [0.25, 0.3) is 0 Å². The summed E-state index contributed by atoms with van der Waals surface area (Å²) in [5, 5.41) is 12.3. The number of rotatable bonds is 6. The Balaban J connectivity index is 1.34. The summed E-state index contributed by atoms with van der Waals surface area (Å²) in [7, 11) is 0. The van der Waals surface area contributed by atoms with Gasteiger partial charge >= 0.3 is 0 Å². The summed E-state index contributed by atoms with van der Waals surface area (Å²) in [6, 6.07) is 20.1. The van der Waals surface area contributed by atoms with Crippen molar-refractivity contribution in [3.05, 3.63) is 89.9 Å². The van der Waals surface area contributed by atoms with E-state index < -0.39 is 0 Å². The summed E-state index contributed by atoms with van der Waals surface area (Å²) in [6.07, 6.45) is 5.65. The number of nitrogens with one attached hydrogen (secondary N) is 2. The molecule has 0 spiro atoms. The molecule has 2 N–H and O–H groups in total. The number of nitrogens with zero attached hydrogens (tertiary/aromatic N) is 2. The first-order valence-corrected chi connectivity index (χ1v) is 8.97. The van der Waals surface area contributed by atoms with Crippen molar-refractivity contribution in [2.24, 2.45) is 0 Å². The van der Waals surface area contributed by atoms with Crippen LogP contribution in [-0.2, 0) is 24.1 Å². The van der Waals surface area contributed by atoms with Gasteiger partial charge in [0.1, 0.15) is 0 Å². The average Bonchev–Trinajstić information content (AvgIpc) is 3.14. The molecule has 5 heteroatoms. The maximum atomic E-state index is 12.3. The van der Waals surface area contributed by atoms with Crippen LogP contribution < -0.4 is 5.32 Å². The van der Waals surface area contributed by atoms with Gasteiger partial charge in [-0.3, -0.25) is 14.9 Å². The number of carbonyl (C=O) groups is 1. The number of H-pyrrole nitrogens is 1. The number of hydrogen-bond acceptors (Lipinski definition) is 3. The number of aromatic nitrogens is 3. The van der Waals surface area contributed by atoms with Gasteiger partial charge < -0.3 is 5.32 Å². The molecule has 0 aliphatic carbocycles. The van der Waals surface area contributed by atoms with Crippen LogP contribution in [0.3, 0.4) is 0 Å². The normalized spacial score (nSPS) is 10.8. The summed E-state index contributed by atoms with van der Waals surface area (Å²) in [5.74, 6) is 0.484. The summed E-state index contributed by atoms with van der Waals surface area (Å²) in [5.41, 5.74) is 3.15. The number of pyridine rings is 1. The first-order valence-electron chi connectivity index (χ1n) is 8.97. The van der Waals surface area contributed by atoms with Crippen molar-refractivity contribution in [1.82, 2.24) is 15.2 Å². The molecular weight excluding hydrogens is 336 g/mol. The Hall–Kier alpha value is -3.47. The largest absolute Gasteiger partial charge is 0.309 e. The fourth-order valence-corrected chi connectivity index (χ4v) is 3.10. The van der Waals surface area contributed by atoms with Gasteiger partial charge in [0, 0.05) is 24.2 Å². The molecule has 4 rings (SSSR count). The molecule has 0 unspecified atom stereocenters. The zero-order valence-corrected chi connectivity index (χ0v) is 14.9. The third-order valence-electron chi connectivity index (χ3n) is 4.48. The number of aryl methyl sites for hydroxylation is 2.